The zero-order valence-electron chi connectivity index (χ0n) is 23.5. The van der Waals surface area contributed by atoms with Gasteiger partial charge in [-0.2, -0.15) is 0 Å². The average Bonchev–Trinajstić information content (AvgIpc) is 3.60. The van der Waals surface area contributed by atoms with Crippen molar-refractivity contribution >= 4 is 11.5 Å². The van der Waals surface area contributed by atoms with Crippen molar-refractivity contribution in [2.24, 2.45) is 27.7 Å². The quantitative estimate of drug-likeness (QED) is 0.519. The minimum absolute atomic E-state index is 0.577. The van der Waals surface area contributed by atoms with E-state index in [0.717, 1.165) is 24.9 Å². The summed E-state index contributed by atoms with van der Waals surface area (Å²) in [5.74, 6) is 3.67. The lowest BCUT2D eigenvalue weighted by atomic mass is 9.82. The minimum Gasteiger partial charge on any atom is -0.369 e. The van der Waals surface area contributed by atoms with Gasteiger partial charge in [-0.15, -0.1) is 0 Å². The Morgan fingerprint density at radius 3 is 1.84 bits per heavy atom. The number of piperidine rings is 2. The lowest BCUT2D eigenvalue weighted by Crippen LogP contribution is -2.42. The summed E-state index contributed by atoms with van der Waals surface area (Å²) in [5, 5.41) is 3.82. The molecule has 2 saturated heterocycles. The molecule has 4 heterocycles. The molecule has 0 aromatic heterocycles. The zero-order chi connectivity index (χ0) is 25.3. The van der Waals surface area contributed by atoms with Gasteiger partial charge in [-0.3, -0.25) is 19.8 Å². The Kier molecular flexibility index (Phi) is 7.58. The number of hydrogen-bond acceptors (Lipinski definition) is 5. The third-order valence-electron chi connectivity index (χ3n) is 10.9. The van der Waals surface area contributed by atoms with Crippen molar-refractivity contribution in [3.63, 3.8) is 0 Å². The maximum absolute atomic E-state index is 5.22. The molecule has 0 unspecified atom stereocenters. The van der Waals surface area contributed by atoms with Crippen LogP contribution in [0.5, 0.6) is 0 Å². The Hall–Kier alpha value is -1.72. The van der Waals surface area contributed by atoms with E-state index in [-0.39, 0.29) is 0 Å². The smallest absolute Gasteiger partial charge is 0.100 e. The highest BCUT2D eigenvalue weighted by atomic mass is 15.2. The third-order valence-corrected chi connectivity index (χ3v) is 10.9. The summed E-state index contributed by atoms with van der Waals surface area (Å²) in [5.41, 5.74) is 4.54. The number of fused-ring (bicyclic) bond motifs is 2. The highest BCUT2D eigenvalue weighted by Gasteiger charge is 2.36. The van der Waals surface area contributed by atoms with E-state index < -0.39 is 0 Å². The number of likely N-dealkylation sites (tertiary alicyclic amines) is 2. The Bertz CT molecular complexity index is 918. The summed E-state index contributed by atoms with van der Waals surface area (Å²) in [7, 11) is 0. The van der Waals surface area contributed by atoms with E-state index in [2.05, 4.69) is 39.4 Å². The van der Waals surface area contributed by atoms with E-state index in [1.54, 1.807) is 5.71 Å². The fourth-order valence-electron chi connectivity index (χ4n) is 8.52. The molecule has 1 N–H and O–H groups in total. The minimum atomic E-state index is 0.577. The summed E-state index contributed by atoms with van der Waals surface area (Å²) < 4.78 is 0. The zero-order valence-corrected chi connectivity index (χ0v) is 23.5. The molecule has 0 amide bonds. The molecule has 5 heteroatoms. The molecule has 2 aliphatic carbocycles. The first kappa shape index (κ1) is 25.3. The van der Waals surface area contributed by atoms with E-state index >= 15 is 0 Å². The summed E-state index contributed by atoms with van der Waals surface area (Å²) >= 11 is 0. The molecule has 4 atom stereocenters. The number of benzene rings is 1. The van der Waals surface area contributed by atoms with Crippen molar-refractivity contribution in [1.82, 2.24) is 15.1 Å². The first-order valence-corrected chi connectivity index (χ1v) is 16.2. The Balaban J connectivity index is 0.842. The van der Waals surface area contributed by atoms with Crippen LogP contribution < -0.4 is 5.32 Å². The summed E-state index contributed by atoms with van der Waals surface area (Å²) in [6.45, 7) is 7.06. The standard InChI is InChI=1S/C33H49N5/c1-2-6-29-28(5-1)21-32(34-29)26-13-17-37(18-14-26)22-24-9-11-25(12-10-24)23-38-19-15-27(16-20-38)33-35-30-7-3-4-8-31(30)36-33/h9-12,26-31H,1-8,13-23H2,(H,35,36)/t28-,29+,30+,31+/m0/s1. The summed E-state index contributed by atoms with van der Waals surface area (Å²) in [6, 6.07) is 11.5. The first-order valence-electron chi connectivity index (χ1n) is 16.2. The topological polar surface area (TPSA) is 43.2 Å². The van der Waals surface area contributed by atoms with Gasteiger partial charge in [0.25, 0.3) is 0 Å². The van der Waals surface area contributed by atoms with Crippen LogP contribution in [0.4, 0.5) is 0 Å². The number of aliphatic imine (C=N–C) groups is 2. The second-order valence-corrected chi connectivity index (χ2v) is 13.5. The van der Waals surface area contributed by atoms with Gasteiger partial charge in [0.15, 0.2) is 0 Å². The number of amidine groups is 1. The number of hydrogen-bond donors (Lipinski definition) is 1. The third kappa shape index (κ3) is 5.61. The predicted octanol–water partition coefficient (Wildman–Crippen LogP) is 5.83. The van der Waals surface area contributed by atoms with Crippen molar-refractivity contribution in [2.45, 2.75) is 115 Å². The molecular weight excluding hydrogens is 466 g/mol. The van der Waals surface area contributed by atoms with Gasteiger partial charge in [0.2, 0.25) is 0 Å². The highest BCUT2D eigenvalue weighted by Crippen LogP contribution is 2.38. The van der Waals surface area contributed by atoms with Crippen LogP contribution in [0.3, 0.4) is 0 Å². The van der Waals surface area contributed by atoms with Gasteiger partial charge in [-0.05, 0) is 107 Å². The van der Waals surface area contributed by atoms with E-state index in [4.69, 9.17) is 9.98 Å². The predicted molar refractivity (Wildman–Crippen MR) is 157 cm³/mol. The fraction of sp³-hybridized carbons (Fsp3) is 0.758. The Morgan fingerprint density at radius 2 is 1.21 bits per heavy atom. The molecule has 6 aliphatic rings. The number of rotatable bonds is 6. The molecule has 0 spiro atoms. The van der Waals surface area contributed by atoms with Gasteiger partial charge in [-0.1, -0.05) is 49.9 Å². The van der Waals surface area contributed by atoms with Crippen molar-refractivity contribution in [2.75, 3.05) is 26.2 Å². The first-order chi connectivity index (χ1) is 18.8. The molecule has 206 valence electrons. The maximum atomic E-state index is 5.22. The van der Waals surface area contributed by atoms with Gasteiger partial charge in [-0.25, -0.2) is 0 Å². The number of nitrogens with zero attached hydrogens (tertiary/aromatic N) is 4. The second kappa shape index (κ2) is 11.4. The highest BCUT2D eigenvalue weighted by molar-refractivity contribution is 5.89. The van der Waals surface area contributed by atoms with Crippen molar-refractivity contribution < 1.29 is 0 Å². The van der Waals surface area contributed by atoms with E-state index in [0.29, 0.717) is 24.0 Å². The van der Waals surface area contributed by atoms with Crippen LogP contribution in [0.1, 0.15) is 94.6 Å². The average molecular weight is 516 g/mol. The molecule has 4 aliphatic heterocycles. The van der Waals surface area contributed by atoms with Gasteiger partial charge < -0.3 is 5.32 Å². The molecule has 7 rings (SSSR count). The van der Waals surface area contributed by atoms with Gasteiger partial charge in [0.05, 0.1) is 12.1 Å². The second-order valence-electron chi connectivity index (χ2n) is 13.5. The Morgan fingerprint density at radius 1 is 0.632 bits per heavy atom. The monoisotopic (exact) mass is 515 g/mol. The molecule has 0 bridgehead atoms. The van der Waals surface area contributed by atoms with Crippen LogP contribution in [-0.2, 0) is 13.1 Å². The summed E-state index contributed by atoms with van der Waals surface area (Å²) in [4.78, 5) is 15.7. The fourth-order valence-corrected chi connectivity index (χ4v) is 8.52. The van der Waals surface area contributed by atoms with Crippen LogP contribution in [-0.4, -0.2) is 65.7 Å². The molecule has 4 fully saturated rings. The van der Waals surface area contributed by atoms with Crippen molar-refractivity contribution in [3.05, 3.63) is 35.4 Å². The van der Waals surface area contributed by atoms with Crippen molar-refractivity contribution in [3.8, 4) is 0 Å². The molecule has 38 heavy (non-hydrogen) atoms. The van der Waals surface area contributed by atoms with Gasteiger partial charge in [0.1, 0.15) is 5.84 Å². The van der Waals surface area contributed by atoms with Crippen LogP contribution >= 0.6 is 0 Å². The molecule has 2 saturated carbocycles. The lowest BCUT2D eigenvalue weighted by molar-refractivity contribution is 0.199. The number of nitrogens with one attached hydrogen (secondary N) is 1. The molecule has 1 aromatic rings. The Labute approximate surface area is 230 Å². The normalized spacial score (nSPS) is 33.4. The largest absolute Gasteiger partial charge is 0.369 e. The van der Waals surface area contributed by atoms with Gasteiger partial charge >= 0.3 is 0 Å². The summed E-state index contributed by atoms with van der Waals surface area (Å²) in [6.07, 6.45) is 17.5. The SMILES string of the molecule is c1cc(CN2CCC(C3=N[C@@H]4CCCC[C@H]4N3)CC2)ccc1CN1CCC(C2=N[C@@H]3CCCC[C@H]3C2)CC1. The van der Waals surface area contributed by atoms with E-state index in [9.17, 15) is 0 Å². The van der Waals surface area contributed by atoms with Crippen molar-refractivity contribution in [1.29, 1.82) is 0 Å². The van der Waals surface area contributed by atoms with Crippen LogP contribution in [0.2, 0.25) is 0 Å². The maximum Gasteiger partial charge on any atom is 0.100 e. The van der Waals surface area contributed by atoms with Crippen LogP contribution in [0.15, 0.2) is 34.3 Å². The molecule has 1 aromatic carbocycles. The molecule has 0 radical (unpaired) electrons. The molecule has 5 nitrogen and oxygen atoms in total. The van der Waals surface area contributed by atoms with E-state index in [1.807, 2.05) is 0 Å². The van der Waals surface area contributed by atoms with Crippen LogP contribution in [0.25, 0.3) is 0 Å². The van der Waals surface area contributed by atoms with Crippen LogP contribution in [0, 0.1) is 17.8 Å². The van der Waals surface area contributed by atoms with Gasteiger partial charge in [0, 0.05) is 30.8 Å². The lowest BCUT2D eigenvalue weighted by Gasteiger charge is -2.33. The molecular formula is C33H49N5. The van der Waals surface area contributed by atoms with E-state index in [1.165, 1.54) is 127 Å².